The number of likely N-dealkylation sites (N-methyl/N-ethyl adjacent to an activating group) is 1. The van der Waals surface area contributed by atoms with Crippen LogP contribution in [-0.4, -0.2) is 56.4 Å². The standard InChI is InChI=1S/C22H28N4O2/c1-25-9-10-26(14-19(25)16-5-3-2-4-6-16)13-18-12-23-24-22(18)17-7-8-20-21(11-17)28-15-27-20/h2-8,11,18-19,22-24H,9-10,12-15H2,1H3. The molecule has 5 rings (SSSR count). The molecule has 2 aromatic carbocycles. The smallest absolute Gasteiger partial charge is 0.231 e. The van der Waals surface area contributed by atoms with Gasteiger partial charge in [0.15, 0.2) is 11.5 Å². The van der Waals surface area contributed by atoms with Crippen molar-refractivity contribution in [3.63, 3.8) is 0 Å². The van der Waals surface area contributed by atoms with E-state index in [9.17, 15) is 0 Å². The van der Waals surface area contributed by atoms with Crippen LogP contribution in [0.1, 0.15) is 23.2 Å². The fraction of sp³-hybridized carbons (Fsp3) is 0.455. The van der Waals surface area contributed by atoms with Gasteiger partial charge in [-0.2, -0.15) is 0 Å². The van der Waals surface area contributed by atoms with Crippen LogP contribution < -0.4 is 20.3 Å². The van der Waals surface area contributed by atoms with Gasteiger partial charge in [0.2, 0.25) is 6.79 Å². The van der Waals surface area contributed by atoms with Crippen LogP contribution in [0.3, 0.4) is 0 Å². The number of piperazine rings is 1. The van der Waals surface area contributed by atoms with Crippen molar-refractivity contribution in [2.24, 2.45) is 5.92 Å². The molecular formula is C22H28N4O2. The summed E-state index contributed by atoms with van der Waals surface area (Å²) in [6.45, 7) is 5.66. The highest BCUT2D eigenvalue weighted by Crippen LogP contribution is 2.37. The molecule has 0 saturated carbocycles. The van der Waals surface area contributed by atoms with Gasteiger partial charge in [-0.25, -0.2) is 5.43 Å². The predicted octanol–water partition coefficient (Wildman–Crippen LogP) is 2.17. The van der Waals surface area contributed by atoms with Crippen molar-refractivity contribution in [1.82, 2.24) is 20.7 Å². The third kappa shape index (κ3) is 3.49. The van der Waals surface area contributed by atoms with Crippen LogP contribution in [0, 0.1) is 5.92 Å². The Hall–Kier alpha value is -2.12. The Labute approximate surface area is 166 Å². The van der Waals surface area contributed by atoms with Gasteiger partial charge in [-0.1, -0.05) is 36.4 Å². The minimum absolute atomic E-state index is 0.282. The lowest BCUT2D eigenvalue weighted by Gasteiger charge is -2.41. The molecule has 0 bridgehead atoms. The van der Waals surface area contributed by atoms with Crippen LogP contribution in [0.4, 0.5) is 0 Å². The number of fused-ring (bicyclic) bond motifs is 1. The number of nitrogens with one attached hydrogen (secondary N) is 2. The molecule has 2 aromatic rings. The van der Waals surface area contributed by atoms with E-state index in [0.29, 0.717) is 18.8 Å². The summed E-state index contributed by atoms with van der Waals surface area (Å²) < 4.78 is 11.0. The fourth-order valence-electron chi connectivity index (χ4n) is 4.63. The van der Waals surface area contributed by atoms with E-state index in [-0.39, 0.29) is 6.04 Å². The summed E-state index contributed by atoms with van der Waals surface area (Å²) in [7, 11) is 2.24. The Bertz CT molecular complexity index is 815. The SMILES string of the molecule is CN1CCN(CC2CNNC2c2ccc3c(c2)OCO3)CC1c1ccccc1. The molecule has 3 heterocycles. The minimum atomic E-state index is 0.282. The highest BCUT2D eigenvalue weighted by atomic mass is 16.7. The number of benzene rings is 2. The highest BCUT2D eigenvalue weighted by molar-refractivity contribution is 5.45. The lowest BCUT2D eigenvalue weighted by Crippen LogP contribution is -2.48. The summed E-state index contributed by atoms with van der Waals surface area (Å²) >= 11 is 0. The monoisotopic (exact) mass is 380 g/mol. The molecule has 2 fully saturated rings. The van der Waals surface area contributed by atoms with Gasteiger partial charge < -0.3 is 9.47 Å². The molecule has 6 heteroatoms. The number of nitrogens with zero attached hydrogens (tertiary/aromatic N) is 2. The first-order valence-electron chi connectivity index (χ1n) is 10.1. The number of rotatable bonds is 4. The van der Waals surface area contributed by atoms with Crippen molar-refractivity contribution in [3.05, 3.63) is 59.7 Å². The first kappa shape index (κ1) is 17.9. The van der Waals surface area contributed by atoms with E-state index in [2.05, 4.69) is 70.2 Å². The van der Waals surface area contributed by atoms with E-state index in [1.165, 1.54) is 11.1 Å². The molecule has 0 spiro atoms. The second-order valence-electron chi connectivity index (χ2n) is 8.04. The normalized spacial score (nSPS) is 28.0. The topological polar surface area (TPSA) is 49.0 Å². The summed E-state index contributed by atoms with van der Waals surface area (Å²) in [5, 5.41) is 0. The molecule has 3 atom stereocenters. The van der Waals surface area contributed by atoms with Gasteiger partial charge in [0.1, 0.15) is 0 Å². The minimum Gasteiger partial charge on any atom is -0.454 e. The maximum Gasteiger partial charge on any atom is 0.231 e. The quantitative estimate of drug-likeness (QED) is 0.848. The Morgan fingerprint density at radius 1 is 1.00 bits per heavy atom. The molecule has 0 amide bonds. The molecule has 28 heavy (non-hydrogen) atoms. The molecule has 2 N–H and O–H groups in total. The maximum atomic E-state index is 5.57. The molecule has 2 saturated heterocycles. The molecular weight excluding hydrogens is 352 g/mol. The van der Waals surface area contributed by atoms with Gasteiger partial charge in [-0.3, -0.25) is 15.2 Å². The summed E-state index contributed by atoms with van der Waals surface area (Å²) in [5.41, 5.74) is 9.51. The van der Waals surface area contributed by atoms with E-state index < -0.39 is 0 Å². The zero-order chi connectivity index (χ0) is 18.9. The summed E-state index contributed by atoms with van der Waals surface area (Å²) in [6.07, 6.45) is 0. The van der Waals surface area contributed by atoms with E-state index in [1.807, 2.05) is 6.07 Å². The van der Waals surface area contributed by atoms with Gasteiger partial charge in [0.05, 0.1) is 6.04 Å². The molecule has 3 aliphatic heterocycles. The van der Waals surface area contributed by atoms with Crippen LogP contribution in [-0.2, 0) is 0 Å². The Morgan fingerprint density at radius 2 is 1.86 bits per heavy atom. The largest absolute Gasteiger partial charge is 0.454 e. The fourth-order valence-corrected chi connectivity index (χ4v) is 4.63. The first-order valence-corrected chi connectivity index (χ1v) is 10.1. The summed E-state index contributed by atoms with van der Waals surface area (Å²) in [6, 6.07) is 17.9. The van der Waals surface area contributed by atoms with Crippen molar-refractivity contribution in [2.75, 3.05) is 46.6 Å². The first-order chi connectivity index (χ1) is 13.8. The highest BCUT2D eigenvalue weighted by Gasteiger charge is 2.33. The number of hydrogen-bond acceptors (Lipinski definition) is 6. The zero-order valence-electron chi connectivity index (χ0n) is 16.3. The third-order valence-corrected chi connectivity index (χ3v) is 6.26. The lowest BCUT2D eigenvalue weighted by atomic mass is 9.93. The van der Waals surface area contributed by atoms with E-state index in [0.717, 1.165) is 44.2 Å². The second-order valence-corrected chi connectivity index (χ2v) is 8.04. The maximum absolute atomic E-state index is 5.57. The van der Waals surface area contributed by atoms with Crippen LogP contribution >= 0.6 is 0 Å². The second kappa shape index (κ2) is 7.72. The van der Waals surface area contributed by atoms with Gasteiger partial charge >= 0.3 is 0 Å². The van der Waals surface area contributed by atoms with Crippen LogP contribution in [0.25, 0.3) is 0 Å². The average Bonchev–Trinajstić information content (AvgIpc) is 3.38. The van der Waals surface area contributed by atoms with Gasteiger partial charge in [0, 0.05) is 44.7 Å². The zero-order valence-corrected chi connectivity index (χ0v) is 16.3. The van der Waals surface area contributed by atoms with Crippen LogP contribution in [0.15, 0.2) is 48.5 Å². The molecule has 0 aliphatic carbocycles. The molecule has 0 radical (unpaired) electrons. The van der Waals surface area contributed by atoms with Gasteiger partial charge in [-0.15, -0.1) is 0 Å². The summed E-state index contributed by atoms with van der Waals surface area (Å²) in [5.74, 6) is 2.21. The van der Waals surface area contributed by atoms with Crippen molar-refractivity contribution in [2.45, 2.75) is 12.1 Å². The third-order valence-electron chi connectivity index (χ3n) is 6.26. The molecule has 3 unspecified atom stereocenters. The van der Waals surface area contributed by atoms with Gasteiger partial charge in [-0.05, 0) is 30.3 Å². The molecule has 3 aliphatic rings. The summed E-state index contributed by atoms with van der Waals surface area (Å²) in [4.78, 5) is 5.10. The van der Waals surface area contributed by atoms with Crippen molar-refractivity contribution < 1.29 is 9.47 Å². The van der Waals surface area contributed by atoms with Crippen molar-refractivity contribution in [3.8, 4) is 11.5 Å². The van der Waals surface area contributed by atoms with Gasteiger partial charge in [0.25, 0.3) is 0 Å². The van der Waals surface area contributed by atoms with E-state index >= 15 is 0 Å². The van der Waals surface area contributed by atoms with Crippen LogP contribution in [0.5, 0.6) is 11.5 Å². The molecule has 6 nitrogen and oxygen atoms in total. The molecule has 0 aromatic heterocycles. The van der Waals surface area contributed by atoms with Crippen LogP contribution in [0.2, 0.25) is 0 Å². The van der Waals surface area contributed by atoms with E-state index in [1.54, 1.807) is 0 Å². The van der Waals surface area contributed by atoms with E-state index in [4.69, 9.17) is 9.47 Å². The lowest BCUT2D eigenvalue weighted by molar-refractivity contribution is 0.0829. The number of hydrogen-bond donors (Lipinski definition) is 2. The molecule has 148 valence electrons. The Morgan fingerprint density at radius 3 is 2.75 bits per heavy atom. The van der Waals surface area contributed by atoms with Crippen molar-refractivity contribution in [1.29, 1.82) is 0 Å². The number of ether oxygens (including phenoxy) is 2. The predicted molar refractivity (Wildman–Crippen MR) is 108 cm³/mol. The Balaban J connectivity index is 1.28. The average molecular weight is 380 g/mol. The Kier molecular flexibility index (Phi) is 4.94. The number of hydrazine groups is 1. The van der Waals surface area contributed by atoms with Crippen molar-refractivity contribution >= 4 is 0 Å².